The van der Waals surface area contributed by atoms with Gasteiger partial charge in [0, 0.05) is 17.0 Å². The van der Waals surface area contributed by atoms with Gasteiger partial charge in [-0.05, 0) is 41.7 Å². The van der Waals surface area contributed by atoms with Gasteiger partial charge in [-0.3, -0.25) is 4.79 Å². The van der Waals surface area contributed by atoms with Crippen molar-refractivity contribution in [1.29, 1.82) is 0 Å². The highest BCUT2D eigenvalue weighted by Crippen LogP contribution is 2.39. The Kier molecular flexibility index (Phi) is 5.53. The van der Waals surface area contributed by atoms with Gasteiger partial charge in [0.25, 0.3) is 0 Å². The number of fused-ring (bicyclic) bond motifs is 1. The topological polar surface area (TPSA) is 49.3 Å². The highest BCUT2D eigenvalue weighted by atomic mass is 32.2. The van der Waals surface area contributed by atoms with Crippen molar-refractivity contribution >= 4 is 22.6 Å². The smallest absolute Gasteiger partial charge is 0.382 e. The molecule has 0 fully saturated rings. The van der Waals surface area contributed by atoms with Crippen LogP contribution in [0.15, 0.2) is 48.5 Å². The minimum Gasteiger partial charge on any atom is -0.382 e. The molecule has 3 rings (SSSR count). The molecule has 27 heavy (non-hydrogen) atoms. The van der Waals surface area contributed by atoms with E-state index < -0.39 is 30.7 Å². The lowest BCUT2D eigenvalue weighted by Gasteiger charge is -2.33. The number of halogens is 3. The monoisotopic (exact) mass is 395 g/mol. The zero-order chi connectivity index (χ0) is 19.7. The van der Waals surface area contributed by atoms with Crippen LogP contribution >= 0.6 is 11.8 Å². The molecule has 2 aromatic rings. The largest absolute Gasteiger partial charge is 0.418 e. The normalized spacial score (nSPS) is 17.3. The van der Waals surface area contributed by atoms with E-state index in [-0.39, 0.29) is 5.12 Å². The van der Waals surface area contributed by atoms with E-state index in [1.54, 1.807) is 55.5 Å². The second-order valence-electron chi connectivity index (χ2n) is 6.85. The molecular formula is C20H20F3NO2S. The number of rotatable bonds is 6. The minimum absolute atomic E-state index is 0.0277. The van der Waals surface area contributed by atoms with Crippen LogP contribution in [0.5, 0.6) is 0 Å². The molecule has 0 aliphatic carbocycles. The van der Waals surface area contributed by atoms with Crippen molar-refractivity contribution in [1.82, 2.24) is 0 Å². The average molecular weight is 395 g/mol. The lowest BCUT2D eigenvalue weighted by Crippen LogP contribution is -2.51. The van der Waals surface area contributed by atoms with Crippen LogP contribution in [-0.4, -0.2) is 28.5 Å². The van der Waals surface area contributed by atoms with Crippen LogP contribution in [0, 0.1) is 0 Å². The summed E-state index contributed by atoms with van der Waals surface area (Å²) in [6.45, 7) is 1.01. The molecular weight excluding hydrogens is 375 g/mol. The molecule has 0 bridgehead atoms. The molecule has 0 radical (unpaired) electrons. The lowest BCUT2D eigenvalue weighted by atomic mass is 9.86. The fourth-order valence-corrected chi connectivity index (χ4v) is 4.07. The Morgan fingerprint density at radius 2 is 1.89 bits per heavy atom. The average Bonchev–Trinajstić information content (AvgIpc) is 3.00. The maximum atomic E-state index is 13.6. The third kappa shape index (κ3) is 4.30. The Hall–Kier alpha value is -1.99. The van der Waals surface area contributed by atoms with Crippen LogP contribution in [0.2, 0.25) is 0 Å². The molecule has 0 amide bonds. The Morgan fingerprint density at radius 3 is 2.56 bits per heavy atom. The summed E-state index contributed by atoms with van der Waals surface area (Å²) in [6.07, 6.45) is -5.22. The SMILES string of the molecule is CC(CC(O)(CNc1ccc2c(c1)CSC2=O)C(F)(F)F)c1ccccc1. The van der Waals surface area contributed by atoms with E-state index in [9.17, 15) is 23.1 Å². The van der Waals surface area contributed by atoms with Gasteiger partial charge in [-0.25, -0.2) is 0 Å². The van der Waals surface area contributed by atoms with Gasteiger partial charge in [-0.2, -0.15) is 13.2 Å². The highest BCUT2D eigenvalue weighted by Gasteiger charge is 2.54. The molecule has 2 atom stereocenters. The van der Waals surface area contributed by atoms with Gasteiger partial charge in [-0.1, -0.05) is 49.0 Å². The van der Waals surface area contributed by atoms with E-state index in [2.05, 4.69) is 5.32 Å². The van der Waals surface area contributed by atoms with Gasteiger partial charge >= 0.3 is 6.18 Å². The van der Waals surface area contributed by atoms with Gasteiger partial charge in [0.1, 0.15) is 0 Å². The van der Waals surface area contributed by atoms with E-state index in [0.29, 0.717) is 17.0 Å². The molecule has 7 heteroatoms. The molecule has 2 unspecified atom stereocenters. The van der Waals surface area contributed by atoms with Crippen LogP contribution in [0.4, 0.5) is 18.9 Å². The second-order valence-corrected chi connectivity index (χ2v) is 7.79. The third-order valence-electron chi connectivity index (χ3n) is 4.81. The predicted molar refractivity (Wildman–Crippen MR) is 101 cm³/mol. The van der Waals surface area contributed by atoms with Gasteiger partial charge in [-0.15, -0.1) is 0 Å². The number of carbonyl (C=O) groups is 1. The Morgan fingerprint density at radius 1 is 1.19 bits per heavy atom. The summed E-state index contributed by atoms with van der Waals surface area (Å²) in [6, 6.07) is 13.7. The van der Waals surface area contributed by atoms with Crippen molar-refractivity contribution in [3.05, 3.63) is 65.2 Å². The summed E-state index contributed by atoms with van der Waals surface area (Å²) in [5, 5.41) is 13.1. The first-order valence-electron chi connectivity index (χ1n) is 8.57. The van der Waals surface area contributed by atoms with Crippen LogP contribution in [0.3, 0.4) is 0 Å². The number of hydrogen-bond donors (Lipinski definition) is 2. The summed E-state index contributed by atoms with van der Waals surface area (Å²) >= 11 is 1.17. The summed E-state index contributed by atoms with van der Waals surface area (Å²) < 4.78 is 40.8. The molecule has 0 saturated carbocycles. The van der Waals surface area contributed by atoms with Crippen molar-refractivity contribution in [2.45, 2.75) is 36.8 Å². The first-order valence-corrected chi connectivity index (χ1v) is 9.56. The van der Waals surface area contributed by atoms with E-state index in [4.69, 9.17) is 0 Å². The highest BCUT2D eigenvalue weighted by molar-refractivity contribution is 8.13. The zero-order valence-corrected chi connectivity index (χ0v) is 15.5. The number of benzene rings is 2. The van der Waals surface area contributed by atoms with Gasteiger partial charge in [0.15, 0.2) is 5.60 Å². The zero-order valence-electron chi connectivity index (χ0n) is 14.7. The van der Waals surface area contributed by atoms with Crippen LogP contribution in [0.1, 0.15) is 40.7 Å². The van der Waals surface area contributed by atoms with Crippen molar-refractivity contribution in [2.75, 3.05) is 11.9 Å². The fourth-order valence-electron chi connectivity index (χ4n) is 3.19. The number of aliphatic hydroxyl groups is 1. The molecule has 2 N–H and O–H groups in total. The number of anilines is 1. The van der Waals surface area contributed by atoms with Gasteiger partial charge in [0.2, 0.25) is 5.12 Å². The number of thioether (sulfide) groups is 1. The number of nitrogens with one attached hydrogen (secondary N) is 1. The van der Waals surface area contributed by atoms with Crippen LogP contribution < -0.4 is 5.32 Å². The number of alkyl halides is 3. The fraction of sp³-hybridized carbons (Fsp3) is 0.350. The van der Waals surface area contributed by atoms with Crippen LogP contribution in [0.25, 0.3) is 0 Å². The van der Waals surface area contributed by atoms with E-state index in [1.807, 2.05) is 0 Å². The third-order valence-corrected chi connectivity index (χ3v) is 5.75. The molecule has 3 nitrogen and oxygen atoms in total. The molecule has 2 aromatic carbocycles. The predicted octanol–water partition coefficient (Wildman–Crippen LogP) is 4.97. The Labute approximate surface area is 160 Å². The van der Waals surface area contributed by atoms with Crippen molar-refractivity contribution in [3.63, 3.8) is 0 Å². The second kappa shape index (κ2) is 7.56. The first-order chi connectivity index (χ1) is 12.7. The molecule has 0 spiro atoms. The summed E-state index contributed by atoms with van der Waals surface area (Å²) in [5.74, 6) is 0.0480. The minimum atomic E-state index is -4.77. The van der Waals surface area contributed by atoms with E-state index >= 15 is 0 Å². The maximum absolute atomic E-state index is 13.6. The van der Waals surface area contributed by atoms with Crippen molar-refractivity contribution < 1.29 is 23.1 Å². The standard InChI is InChI=1S/C20H20F3NO2S/c1-13(14-5-3-2-4-6-14)10-19(26,20(21,22)23)12-24-16-7-8-17-15(9-16)11-27-18(17)25/h2-9,13,24,26H,10-12H2,1H3. The first kappa shape index (κ1) is 19.8. The molecule has 1 heterocycles. The van der Waals surface area contributed by atoms with Crippen molar-refractivity contribution in [3.8, 4) is 0 Å². The van der Waals surface area contributed by atoms with Gasteiger partial charge in [0.05, 0.1) is 6.54 Å². The maximum Gasteiger partial charge on any atom is 0.418 e. The summed E-state index contributed by atoms with van der Waals surface area (Å²) in [5.41, 5.74) is -0.281. The van der Waals surface area contributed by atoms with Crippen molar-refractivity contribution in [2.24, 2.45) is 0 Å². The Balaban J connectivity index is 1.74. The Bertz CT molecular complexity index is 826. The lowest BCUT2D eigenvalue weighted by molar-refractivity contribution is -0.257. The number of hydrogen-bond acceptors (Lipinski definition) is 4. The molecule has 0 aromatic heterocycles. The van der Waals surface area contributed by atoms with Crippen LogP contribution in [-0.2, 0) is 5.75 Å². The van der Waals surface area contributed by atoms with E-state index in [0.717, 1.165) is 11.1 Å². The molecule has 0 saturated heterocycles. The molecule has 144 valence electrons. The van der Waals surface area contributed by atoms with E-state index in [1.165, 1.54) is 11.8 Å². The molecule has 1 aliphatic heterocycles. The number of carbonyl (C=O) groups excluding carboxylic acids is 1. The van der Waals surface area contributed by atoms with Gasteiger partial charge < -0.3 is 10.4 Å². The molecule has 1 aliphatic rings. The summed E-state index contributed by atoms with van der Waals surface area (Å²) in [4.78, 5) is 11.6. The summed E-state index contributed by atoms with van der Waals surface area (Å²) in [7, 11) is 0. The quantitative estimate of drug-likeness (QED) is 0.725.